The fourth-order valence-corrected chi connectivity index (χ4v) is 3.18. The third-order valence-electron chi connectivity index (χ3n) is 2.62. The quantitative estimate of drug-likeness (QED) is 0.613. The third kappa shape index (κ3) is 3.42. The van der Waals surface area contributed by atoms with Crippen LogP contribution in [0.5, 0.6) is 0 Å². The Morgan fingerprint density at radius 1 is 1.31 bits per heavy atom. The Morgan fingerprint density at radius 2 is 2.25 bits per heavy atom. The molecule has 3 N–H and O–H groups in total. The van der Waals surface area contributed by atoms with E-state index < -0.39 is 0 Å². The first-order chi connectivity index (χ1) is 7.88. The highest BCUT2D eigenvalue weighted by atomic mass is 32.1. The van der Waals surface area contributed by atoms with Crippen molar-refractivity contribution in [1.29, 1.82) is 0 Å². The summed E-state index contributed by atoms with van der Waals surface area (Å²) >= 11 is 3.55. The van der Waals surface area contributed by atoms with Crippen LogP contribution in [0.15, 0.2) is 34.3 Å². The molecule has 4 heteroatoms. The van der Waals surface area contributed by atoms with Gasteiger partial charge in [-0.2, -0.15) is 11.3 Å². The second-order valence-corrected chi connectivity index (χ2v) is 5.63. The number of hydrogen-bond donors (Lipinski definition) is 2. The highest BCUT2D eigenvalue weighted by molar-refractivity contribution is 7.09. The first kappa shape index (κ1) is 11.8. The van der Waals surface area contributed by atoms with Crippen LogP contribution in [-0.2, 0) is 12.8 Å². The molecule has 0 amide bonds. The molecule has 2 aromatic rings. The Hall–Kier alpha value is -0.680. The second kappa shape index (κ2) is 6.15. The number of thiophene rings is 2. The Bertz CT molecular complexity index is 381. The van der Waals surface area contributed by atoms with Gasteiger partial charge in [0, 0.05) is 10.9 Å². The minimum atomic E-state index is 0.374. The largest absolute Gasteiger partial charge is 0.271 e. The van der Waals surface area contributed by atoms with Crippen LogP contribution in [0, 0.1) is 0 Å². The molecule has 1 unspecified atom stereocenters. The van der Waals surface area contributed by atoms with Crippen LogP contribution < -0.4 is 11.3 Å². The molecule has 0 saturated heterocycles. The van der Waals surface area contributed by atoms with Crippen molar-refractivity contribution in [3.63, 3.8) is 0 Å². The summed E-state index contributed by atoms with van der Waals surface area (Å²) in [6.07, 6.45) is 3.22. The molecular weight excluding hydrogens is 236 g/mol. The van der Waals surface area contributed by atoms with Crippen LogP contribution in [0.4, 0.5) is 0 Å². The maximum absolute atomic E-state index is 5.59. The van der Waals surface area contributed by atoms with E-state index in [0.29, 0.717) is 6.04 Å². The second-order valence-electron chi connectivity index (χ2n) is 3.82. The van der Waals surface area contributed by atoms with Gasteiger partial charge in [-0.1, -0.05) is 6.07 Å². The Labute approximate surface area is 104 Å². The molecular formula is C12H16N2S2. The number of nitrogens with two attached hydrogens (primary N) is 1. The van der Waals surface area contributed by atoms with Crippen LogP contribution in [0.2, 0.25) is 0 Å². The Balaban J connectivity index is 1.81. The maximum Gasteiger partial charge on any atom is 0.0261 e. The molecule has 0 fully saturated rings. The Kier molecular flexibility index (Phi) is 4.54. The molecule has 0 spiro atoms. The lowest BCUT2D eigenvalue weighted by molar-refractivity contribution is 0.494. The van der Waals surface area contributed by atoms with Gasteiger partial charge in [0.15, 0.2) is 0 Å². The molecule has 2 heterocycles. The summed E-state index contributed by atoms with van der Waals surface area (Å²) in [6.45, 7) is 0. The van der Waals surface area contributed by atoms with Crippen molar-refractivity contribution < 1.29 is 0 Å². The summed E-state index contributed by atoms with van der Waals surface area (Å²) in [4.78, 5) is 1.40. The molecule has 0 bridgehead atoms. The number of nitrogens with one attached hydrogen (secondary N) is 1. The topological polar surface area (TPSA) is 38.0 Å². The van der Waals surface area contributed by atoms with Gasteiger partial charge in [-0.3, -0.25) is 11.3 Å². The molecule has 2 nitrogen and oxygen atoms in total. The van der Waals surface area contributed by atoms with E-state index in [2.05, 4.69) is 39.8 Å². The molecule has 0 aliphatic carbocycles. The van der Waals surface area contributed by atoms with Crippen molar-refractivity contribution in [2.75, 3.05) is 0 Å². The molecule has 1 atom stereocenters. The van der Waals surface area contributed by atoms with Gasteiger partial charge in [-0.05, 0) is 53.1 Å². The fourth-order valence-electron chi connectivity index (χ4n) is 1.69. The summed E-state index contributed by atoms with van der Waals surface area (Å²) in [7, 11) is 0. The van der Waals surface area contributed by atoms with Gasteiger partial charge in [0.1, 0.15) is 0 Å². The summed E-state index contributed by atoms with van der Waals surface area (Å²) in [5.41, 5.74) is 4.33. The highest BCUT2D eigenvalue weighted by Gasteiger charge is 2.08. The summed E-state index contributed by atoms with van der Waals surface area (Å²) in [6, 6.07) is 6.81. The van der Waals surface area contributed by atoms with E-state index in [-0.39, 0.29) is 0 Å². The van der Waals surface area contributed by atoms with Crippen molar-refractivity contribution in [1.82, 2.24) is 5.43 Å². The van der Waals surface area contributed by atoms with E-state index in [1.165, 1.54) is 10.4 Å². The lowest BCUT2D eigenvalue weighted by atomic mass is 10.0. The maximum atomic E-state index is 5.59. The molecule has 0 radical (unpaired) electrons. The average molecular weight is 252 g/mol. The van der Waals surface area contributed by atoms with Gasteiger partial charge < -0.3 is 0 Å². The van der Waals surface area contributed by atoms with Crippen LogP contribution in [0.1, 0.15) is 16.9 Å². The van der Waals surface area contributed by atoms with E-state index in [1.807, 2.05) is 0 Å². The number of aryl methyl sites for hydroxylation is 1. The lowest BCUT2D eigenvalue weighted by Gasteiger charge is -2.14. The SMILES string of the molecule is NNC(CCc1ccsc1)Cc1cccs1. The van der Waals surface area contributed by atoms with Gasteiger partial charge in [0.25, 0.3) is 0 Å². The fraction of sp³-hybridized carbons (Fsp3) is 0.333. The number of hydrogen-bond acceptors (Lipinski definition) is 4. The standard InChI is InChI=1S/C12H16N2S2/c13-14-11(8-12-2-1-6-16-12)4-3-10-5-7-15-9-10/h1-2,5-7,9,11,14H,3-4,8,13H2. The molecule has 86 valence electrons. The van der Waals surface area contributed by atoms with E-state index in [4.69, 9.17) is 5.84 Å². The summed E-state index contributed by atoms with van der Waals surface area (Å²) in [5.74, 6) is 5.59. The predicted octanol–water partition coefficient (Wildman–Crippen LogP) is 2.82. The summed E-state index contributed by atoms with van der Waals surface area (Å²) < 4.78 is 0. The van der Waals surface area contributed by atoms with Crippen LogP contribution in [-0.4, -0.2) is 6.04 Å². The Morgan fingerprint density at radius 3 is 2.88 bits per heavy atom. The van der Waals surface area contributed by atoms with Crippen molar-refractivity contribution in [3.05, 3.63) is 44.8 Å². The zero-order chi connectivity index (χ0) is 11.2. The highest BCUT2D eigenvalue weighted by Crippen LogP contribution is 2.15. The first-order valence-corrected chi connectivity index (χ1v) is 7.20. The lowest BCUT2D eigenvalue weighted by Crippen LogP contribution is -2.36. The van der Waals surface area contributed by atoms with Crippen molar-refractivity contribution in [3.8, 4) is 0 Å². The minimum absolute atomic E-state index is 0.374. The zero-order valence-electron chi connectivity index (χ0n) is 9.06. The van der Waals surface area contributed by atoms with Crippen LogP contribution in [0.25, 0.3) is 0 Å². The van der Waals surface area contributed by atoms with Crippen molar-refractivity contribution in [2.24, 2.45) is 5.84 Å². The molecule has 16 heavy (non-hydrogen) atoms. The first-order valence-electron chi connectivity index (χ1n) is 5.38. The smallest absolute Gasteiger partial charge is 0.0261 e. The average Bonchev–Trinajstić information content (AvgIpc) is 2.97. The van der Waals surface area contributed by atoms with E-state index in [1.54, 1.807) is 22.7 Å². The molecule has 2 aromatic heterocycles. The number of hydrazine groups is 1. The van der Waals surface area contributed by atoms with Gasteiger partial charge in [0.2, 0.25) is 0 Å². The van der Waals surface area contributed by atoms with E-state index in [9.17, 15) is 0 Å². The van der Waals surface area contributed by atoms with Crippen LogP contribution >= 0.6 is 22.7 Å². The van der Waals surface area contributed by atoms with Crippen molar-refractivity contribution >= 4 is 22.7 Å². The van der Waals surface area contributed by atoms with E-state index in [0.717, 1.165) is 19.3 Å². The van der Waals surface area contributed by atoms with Gasteiger partial charge in [-0.15, -0.1) is 11.3 Å². The molecule has 0 aliphatic heterocycles. The monoisotopic (exact) mass is 252 g/mol. The number of rotatable bonds is 6. The normalized spacial score (nSPS) is 12.8. The van der Waals surface area contributed by atoms with Crippen molar-refractivity contribution in [2.45, 2.75) is 25.3 Å². The minimum Gasteiger partial charge on any atom is -0.271 e. The third-order valence-corrected chi connectivity index (χ3v) is 4.26. The summed E-state index contributed by atoms with van der Waals surface area (Å²) in [5, 5.41) is 6.44. The molecule has 0 aromatic carbocycles. The van der Waals surface area contributed by atoms with Gasteiger partial charge >= 0.3 is 0 Å². The van der Waals surface area contributed by atoms with Crippen LogP contribution in [0.3, 0.4) is 0 Å². The van der Waals surface area contributed by atoms with Gasteiger partial charge in [-0.25, -0.2) is 0 Å². The van der Waals surface area contributed by atoms with Gasteiger partial charge in [0.05, 0.1) is 0 Å². The zero-order valence-corrected chi connectivity index (χ0v) is 10.7. The molecule has 2 rings (SSSR count). The predicted molar refractivity (Wildman–Crippen MR) is 71.8 cm³/mol. The molecule has 0 saturated carbocycles. The molecule has 0 aliphatic rings. The van der Waals surface area contributed by atoms with E-state index >= 15 is 0 Å².